The third-order valence-electron chi connectivity index (χ3n) is 21.2. The largest absolute Gasteiger partial charge is 0.726 e. The number of aliphatic carboxylic acids is 1. The molecular formula is C97H195N3O12S2. The molecule has 0 aliphatic rings. The zero-order valence-corrected chi connectivity index (χ0v) is 78.6. The van der Waals surface area contributed by atoms with Gasteiger partial charge in [0.15, 0.2) is 24.8 Å². The number of carbonyl (C=O) groups excluding carboxylic acids is 1. The van der Waals surface area contributed by atoms with Crippen LogP contribution in [0.2, 0.25) is 0 Å². The second-order valence-corrected chi connectivity index (χ2v) is 35.9. The molecule has 0 saturated heterocycles. The molecule has 0 aromatic carbocycles. The zero-order chi connectivity index (χ0) is 83.2. The monoisotopic (exact) mass is 1660 g/mol. The summed E-state index contributed by atoms with van der Waals surface area (Å²) in [5.74, 6) is -0.909. The first-order valence-corrected chi connectivity index (χ1v) is 51.1. The number of carboxylic acid groups (broad SMARTS) is 1. The van der Waals surface area contributed by atoms with Crippen molar-refractivity contribution in [2.45, 2.75) is 517 Å². The Bertz CT molecular complexity index is 2160. The normalized spacial score (nSPS) is 11.1. The Hall–Kier alpha value is -2.61. The minimum atomic E-state index is -4.48. The Morgan fingerprint density at radius 1 is 0.263 bits per heavy atom. The van der Waals surface area contributed by atoms with Gasteiger partial charge in [-0.2, -0.15) is 0 Å². The predicted octanol–water partition coefficient (Wildman–Crippen LogP) is 26.9. The number of carboxylic acids is 1. The van der Waals surface area contributed by atoms with Crippen LogP contribution in [0.3, 0.4) is 0 Å². The van der Waals surface area contributed by atoms with Crippen molar-refractivity contribution in [3.05, 3.63) is 61.2 Å². The van der Waals surface area contributed by atoms with Gasteiger partial charge in [-0.25, -0.2) is 26.0 Å². The molecule has 2 aromatic heterocycles. The minimum absolute atomic E-state index is 0. The number of carbonyl (C=O) groups is 1. The van der Waals surface area contributed by atoms with E-state index in [1.54, 1.807) is 0 Å². The SMILES string of the molecule is CCCCCCCCCCCC(=O)[O-].CCCCCCCCCCCCCCCC[N+](C)(C)C.CCCCCCCCCCCCCCCC[n+]1ccccc1.CCCCCCCCCCCCCCCC[n+]1ccccc1.CCCCCCCCCCCCOS(=O)(=O)[O-].CCCCCCCCCCCCOS(=O)(=O)[O-].O.O. The highest BCUT2D eigenvalue weighted by Gasteiger charge is 2.07. The Labute approximate surface area is 710 Å². The predicted molar refractivity (Wildman–Crippen MR) is 486 cm³/mol. The van der Waals surface area contributed by atoms with Crippen LogP contribution in [0.5, 0.6) is 0 Å². The van der Waals surface area contributed by atoms with Crippen LogP contribution in [0, 0.1) is 0 Å². The number of quaternary nitrogens is 1. The average Bonchev–Trinajstić information content (AvgIpc) is 0.984. The van der Waals surface area contributed by atoms with Crippen LogP contribution in [-0.2, 0) is 47.0 Å². The highest BCUT2D eigenvalue weighted by atomic mass is 32.3. The van der Waals surface area contributed by atoms with Crippen molar-refractivity contribution in [3.8, 4) is 0 Å². The number of unbranched alkanes of at least 4 members (excludes halogenated alkanes) is 65. The number of pyridine rings is 2. The maximum Gasteiger partial charge on any atom is 0.217 e. The van der Waals surface area contributed by atoms with Gasteiger partial charge < -0.3 is 34.4 Å². The van der Waals surface area contributed by atoms with E-state index in [-0.39, 0.29) is 30.6 Å². The highest BCUT2D eigenvalue weighted by molar-refractivity contribution is 7.81. The molecule has 2 rings (SSSR count). The molecule has 17 heteroatoms. The van der Waals surface area contributed by atoms with Gasteiger partial charge in [0.25, 0.3) is 0 Å². The summed E-state index contributed by atoms with van der Waals surface area (Å²) in [6.07, 6.45) is 104. The molecule has 0 aliphatic carbocycles. The van der Waals surface area contributed by atoms with Crippen LogP contribution < -0.4 is 14.2 Å². The number of hydrogen-bond donors (Lipinski definition) is 0. The average molecular weight is 1660 g/mol. The summed E-state index contributed by atoms with van der Waals surface area (Å²) in [6, 6.07) is 12.6. The first-order valence-electron chi connectivity index (χ1n) is 48.4. The molecule has 0 bridgehead atoms. The molecule has 0 aliphatic heterocycles. The van der Waals surface area contributed by atoms with E-state index >= 15 is 0 Å². The summed E-state index contributed by atoms with van der Waals surface area (Å²) >= 11 is 0. The fourth-order valence-electron chi connectivity index (χ4n) is 14.0. The lowest BCUT2D eigenvalue weighted by atomic mass is 10.0. The van der Waals surface area contributed by atoms with Gasteiger partial charge in [-0.15, -0.1) is 0 Å². The molecule has 2 heterocycles. The van der Waals surface area contributed by atoms with Gasteiger partial charge in [-0.05, 0) is 51.4 Å². The molecule has 4 N–H and O–H groups in total. The molecule has 2 aromatic rings. The van der Waals surface area contributed by atoms with Crippen LogP contribution in [0.25, 0.3) is 0 Å². The zero-order valence-electron chi connectivity index (χ0n) is 77.0. The topological polar surface area (TPSA) is 244 Å². The molecule has 0 fully saturated rings. The van der Waals surface area contributed by atoms with Gasteiger partial charge in [0.2, 0.25) is 20.8 Å². The number of hydrogen-bond acceptors (Lipinski definition) is 10. The molecule has 0 unspecified atom stereocenters. The van der Waals surface area contributed by atoms with Crippen LogP contribution in [0.15, 0.2) is 61.2 Å². The third-order valence-corrected chi connectivity index (χ3v) is 22.1. The highest BCUT2D eigenvalue weighted by Crippen LogP contribution is 2.19. The molecule has 0 amide bonds. The van der Waals surface area contributed by atoms with Gasteiger partial charge in [0.1, 0.15) is 13.1 Å². The summed E-state index contributed by atoms with van der Waals surface area (Å²) in [7, 11) is -2.09. The van der Waals surface area contributed by atoms with E-state index < -0.39 is 26.8 Å². The van der Waals surface area contributed by atoms with Gasteiger partial charge in [0, 0.05) is 43.1 Å². The lowest BCUT2D eigenvalue weighted by Gasteiger charge is -2.23. The molecular weight excluding hydrogens is 1460 g/mol. The Morgan fingerprint density at radius 3 is 0.605 bits per heavy atom. The molecule has 0 saturated carbocycles. The lowest BCUT2D eigenvalue weighted by molar-refractivity contribution is -0.870. The van der Waals surface area contributed by atoms with Gasteiger partial charge >= 0.3 is 0 Å². The fraction of sp³-hybridized carbons (Fsp3) is 0.887. The molecule has 15 nitrogen and oxygen atoms in total. The molecule has 0 radical (unpaired) electrons. The lowest BCUT2D eigenvalue weighted by Crippen LogP contribution is -2.35. The maximum atomic E-state index is 10.1. The van der Waals surface area contributed by atoms with E-state index in [9.17, 15) is 35.8 Å². The van der Waals surface area contributed by atoms with Crippen molar-refractivity contribution < 1.29 is 68.8 Å². The van der Waals surface area contributed by atoms with Crippen molar-refractivity contribution in [2.75, 3.05) is 40.9 Å². The van der Waals surface area contributed by atoms with E-state index in [0.717, 1.165) is 43.0 Å². The summed E-state index contributed by atoms with van der Waals surface area (Å²) in [5, 5.41) is 10.1. The summed E-state index contributed by atoms with van der Waals surface area (Å²) in [4.78, 5) is 10.1. The number of nitrogens with zero attached hydrogens (tertiary/aromatic N) is 3. The number of rotatable bonds is 79. The molecule has 0 atom stereocenters. The van der Waals surface area contributed by atoms with Crippen LogP contribution in [0.1, 0.15) is 504 Å². The summed E-state index contributed by atoms with van der Waals surface area (Å²) in [6.45, 7) is 17.3. The van der Waals surface area contributed by atoms with Gasteiger partial charge in [0.05, 0.1) is 40.9 Å². The van der Waals surface area contributed by atoms with Crippen molar-refractivity contribution in [1.82, 2.24) is 0 Å². The Kier molecular flexibility index (Phi) is 110. The second kappa shape index (κ2) is 103. The smallest absolute Gasteiger partial charge is 0.217 e. The summed E-state index contributed by atoms with van der Waals surface area (Å²) in [5.41, 5.74) is 0. The van der Waals surface area contributed by atoms with E-state index in [2.05, 4.69) is 141 Å². The second-order valence-electron chi connectivity index (χ2n) is 33.8. The van der Waals surface area contributed by atoms with Crippen molar-refractivity contribution >= 4 is 26.8 Å². The Balaban J connectivity index is -0.000000308. The first kappa shape index (κ1) is 122. The standard InChI is InChI=1S/2C21H38N.C19H42N.2C12H26O4S.C12H24O2.2H2O/c2*1-2-3-4-5-6-7-8-9-10-11-12-13-14-16-19-22-20-17-15-18-21-22;1-5-6-7-8-9-10-11-12-13-14-15-16-17-18-19-20(2,3)4;2*1-2-3-4-5-6-7-8-9-10-11-12-16-17(13,14)15;1-2-3-4-5-6-7-8-9-10-11-12(13)14;;/h2*15,17-18,20-21H,2-14,16,19H2,1H3;5-19H2,1-4H3;2*2-12H2,1H3,(H,13,14,15);2-11H2,1H3,(H,13,14);2*1H2/q3*+1;;;;;/p-3. The van der Waals surface area contributed by atoms with Crippen molar-refractivity contribution in [1.29, 1.82) is 0 Å². The molecule has 682 valence electrons. The van der Waals surface area contributed by atoms with Crippen molar-refractivity contribution in [2.24, 2.45) is 0 Å². The van der Waals surface area contributed by atoms with Gasteiger partial charge in [-0.1, -0.05) is 452 Å². The van der Waals surface area contributed by atoms with Crippen LogP contribution in [0.4, 0.5) is 0 Å². The fourth-order valence-corrected chi connectivity index (χ4v) is 14.7. The van der Waals surface area contributed by atoms with Crippen LogP contribution >= 0.6 is 0 Å². The first-order chi connectivity index (χ1) is 54.3. The van der Waals surface area contributed by atoms with E-state index in [0.29, 0.717) is 12.8 Å². The Morgan fingerprint density at radius 2 is 0.430 bits per heavy atom. The van der Waals surface area contributed by atoms with E-state index in [1.807, 2.05) is 0 Å². The number of aromatic nitrogens is 2. The van der Waals surface area contributed by atoms with Gasteiger partial charge in [-0.3, -0.25) is 8.37 Å². The van der Waals surface area contributed by atoms with E-state index in [1.165, 1.54) is 424 Å². The van der Waals surface area contributed by atoms with Crippen LogP contribution in [-0.4, -0.2) is 88.2 Å². The van der Waals surface area contributed by atoms with E-state index in [4.69, 9.17) is 0 Å². The van der Waals surface area contributed by atoms with Crippen molar-refractivity contribution in [3.63, 3.8) is 0 Å². The molecule has 114 heavy (non-hydrogen) atoms. The quantitative estimate of drug-likeness (QED) is 0.0199. The third kappa shape index (κ3) is 125. The number of aryl methyl sites for hydroxylation is 2. The summed E-state index contributed by atoms with van der Waals surface area (Å²) < 4.78 is 74.6. The molecule has 0 spiro atoms. The maximum absolute atomic E-state index is 10.1. The minimum Gasteiger partial charge on any atom is -0.726 e.